The average Bonchev–Trinajstić information content (AvgIpc) is 2.46. The molecular formula is C13H19N3O3S. The molecule has 0 atom stereocenters. The van der Waals surface area contributed by atoms with Crippen molar-refractivity contribution in [1.29, 1.82) is 0 Å². The molecule has 0 heterocycles. The van der Waals surface area contributed by atoms with E-state index in [1.54, 1.807) is 24.9 Å². The number of amides is 1. The maximum atomic E-state index is 12.0. The molecule has 0 aromatic heterocycles. The van der Waals surface area contributed by atoms with Crippen molar-refractivity contribution in [3.8, 4) is 0 Å². The van der Waals surface area contributed by atoms with E-state index in [1.165, 1.54) is 12.1 Å². The van der Waals surface area contributed by atoms with E-state index in [0.717, 1.165) is 18.6 Å². The van der Waals surface area contributed by atoms with Crippen LogP contribution in [-0.4, -0.2) is 36.4 Å². The van der Waals surface area contributed by atoms with E-state index in [9.17, 15) is 14.9 Å². The number of nitrogens with one attached hydrogen (secondary N) is 2. The molecule has 110 valence electrons. The highest BCUT2D eigenvalue weighted by atomic mass is 32.2. The van der Waals surface area contributed by atoms with Crippen molar-refractivity contribution < 1.29 is 9.72 Å². The zero-order chi connectivity index (χ0) is 15.0. The van der Waals surface area contributed by atoms with Crippen LogP contribution in [0.5, 0.6) is 0 Å². The molecule has 1 aromatic rings. The summed E-state index contributed by atoms with van der Waals surface area (Å²) in [5, 5.41) is 16.5. The molecule has 2 N–H and O–H groups in total. The molecule has 0 saturated heterocycles. The van der Waals surface area contributed by atoms with E-state index in [0.29, 0.717) is 12.2 Å². The first kappa shape index (κ1) is 16.3. The normalized spacial score (nSPS) is 10.1. The van der Waals surface area contributed by atoms with Gasteiger partial charge in [-0.1, -0.05) is 0 Å². The van der Waals surface area contributed by atoms with Crippen molar-refractivity contribution in [2.45, 2.75) is 12.8 Å². The minimum Gasteiger partial charge on any atom is -0.388 e. The Labute approximate surface area is 122 Å². The summed E-state index contributed by atoms with van der Waals surface area (Å²) in [6, 6.07) is 4.41. The fourth-order valence-electron chi connectivity index (χ4n) is 1.70. The van der Waals surface area contributed by atoms with E-state index in [-0.39, 0.29) is 11.3 Å². The minimum atomic E-state index is -0.540. The molecule has 0 bridgehead atoms. The van der Waals surface area contributed by atoms with Crippen LogP contribution >= 0.6 is 11.8 Å². The monoisotopic (exact) mass is 297 g/mol. The molecule has 7 heteroatoms. The Morgan fingerprint density at radius 1 is 1.40 bits per heavy atom. The zero-order valence-corrected chi connectivity index (χ0v) is 12.5. The van der Waals surface area contributed by atoms with Gasteiger partial charge < -0.3 is 10.6 Å². The molecule has 0 spiro atoms. The average molecular weight is 297 g/mol. The van der Waals surface area contributed by atoms with Gasteiger partial charge >= 0.3 is 0 Å². The van der Waals surface area contributed by atoms with Gasteiger partial charge in [-0.2, -0.15) is 11.8 Å². The Hall–Kier alpha value is -1.76. The molecule has 0 saturated carbocycles. The predicted molar refractivity (Wildman–Crippen MR) is 82.6 cm³/mol. The molecule has 0 aliphatic carbocycles. The molecule has 1 aromatic carbocycles. The summed E-state index contributed by atoms with van der Waals surface area (Å²) in [6.07, 6.45) is 3.91. The first-order chi connectivity index (χ1) is 9.60. The van der Waals surface area contributed by atoms with Gasteiger partial charge in [0.05, 0.1) is 4.92 Å². The molecule has 0 radical (unpaired) electrons. The fourth-order valence-corrected chi connectivity index (χ4v) is 2.19. The predicted octanol–water partition coefficient (Wildman–Crippen LogP) is 2.51. The van der Waals surface area contributed by atoms with Crippen molar-refractivity contribution in [2.24, 2.45) is 0 Å². The SMILES string of the molecule is CNc1ccc([N+](=O)[O-])c(C(=O)NCCCCSC)c1. The molecule has 1 amide bonds. The highest BCUT2D eigenvalue weighted by molar-refractivity contribution is 7.98. The van der Waals surface area contributed by atoms with Crippen LogP contribution in [0.15, 0.2) is 18.2 Å². The van der Waals surface area contributed by atoms with Gasteiger partial charge in [-0.25, -0.2) is 0 Å². The number of carbonyl (C=O) groups excluding carboxylic acids is 1. The number of nitro benzene ring substituents is 1. The Morgan fingerprint density at radius 2 is 2.15 bits per heavy atom. The van der Waals surface area contributed by atoms with Crippen molar-refractivity contribution in [2.75, 3.05) is 30.9 Å². The maximum absolute atomic E-state index is 12.0. The highest BCUT2D eigenvalue weighted by Gasteiger charge is 2.20. The van der Waals surface area contributed by atoms with E-state index in [4.69, 9.17) is 0 Å². The van der Waals surface area contributed by atoms with Gasteiger partial charge in [-0.15, -0.1) is 0 Å². The lowest BCUT2D eigenvalue weighted by atomic mass is 10.1. The Bertz CT molecular complexity index is 480. The van der Waals surface area contributed by atoms with Crippen molar-refractivity contribution in [3.63, 3.8) is 0 Å². The minimum absolute atomic E-state index is 0.0896. The number of carbonyl (C=O) groups is 1. The summed E-state index contributed by atoms with van der Waals surface area (Å²) in [4.78, 5) is 22.4. The number of unbranched alkanes of at least 4 members (excludes halogenated alkanes) is 1. The van der Waals surface area contributed by atoms with Gasteiger partial charge in [-0.05, 0) is 37.0 Å². The van der Waals surface area contributed by atoms with Gasteiger partial charge in [0, 0.05) is 25.3 Å². The third-order valence-electron chi connectivity index (χ3n) is 2.79. The number of nitrogens with zero attached hydrogens (tertiary/aromatic N) is 1. The number of anilines is 1. The van der Waals surface area contributed by atoms with Crippen LogP contribution in [-0.2, 0) is 0 Å². The molecule has 0 aliphatic rings. The molecule has 1 rings (SSSR count). The van der Waals surface area contributed by atoms with Crippen LogP contribution < -0.4 is 10.6 Å². The fraction of sp³-hybridized carbons (Fsp3) is 0.462. The van der Waals surface area contributed by atoms with Crippen LogP contribution in [0.3, 0.4) is 0 Å². The van der Waals surface area contributed by atoms with Crippen LogP contribution in [0.25, 0.3) is 0 Å². The number of thioether (sulfide) groups is 1. The van der Waals surface area contributed by atoms with Gasteiger partial charge in [-0.3, -0.25) is 14.9 Å². The highest BCUT2D eigenvalue weighted by Crippen LogP contribution is 2.22. The first-order valence-corrected chi connectivity index (χ1v) is 7.73. The molecule has 0 unspecified atom stereocenters. The van der Waals surface area contributed by atoms with Crippen molar-refractivity contribution in [3.05, 3.63) is 33.9 Å². The summed E-state index contributed by atoms with van der Waals surface area (Å²) in [5.74, 6) is 0.642. The molecular weight excluding hydrogens is 278 g/mol. The Kier molecular flexibility index (Phi) is 6.86. The third kappa shape index (κ3) is 4.73. The van der Waals surface area contributed by atoms with Crippen LogP contribution in [0, 0.1) is 10.1 Å². The second-order valence-corrected chi connectivity index (χ2v) is 5.18. The summed E-state index contributed by atoms with van der Waals surface area (Å²) in [5.41, 5.74) is 0.584. The summed E-state index contributed by atoms with van der Waals surface area (Å²) >= 11 is 1.76. The topological polar surface area (TPSA) is 84.3 Å². The lowest BCUT2D eigenvalue weighted by Gasteiger charge is -2.07. The Morgan fingerprint density at radius 3 is 2.75 bits per heavy atom. The second-order valence-electron chi connectivity index (χ2n) is 4.19. The number of nitro groups is 1. The smallest absolute Gasteiger partial charge is 0.282 e. The van der Waals surface area contributed by atoms with Gasteiger partial charge in [0.2, 0.25) is 0 Å². The number of benzene rings is 1. The lowest BCUT2D eigenvalue weighted by Crippen LogP contribution is -2.25. The Balaban J connectivity index is 2.72. The van der Waals surface area contributed by atoms with Crippen molar-refractivity contribution >= 4 is 29.0 Å². The van der Waals surface area contributed by atoms with Crippen LogP contribution in [0.1, 0.15) is 23.2 Å². The van der Waals surface area contributed by atoms with Gasteiger partial charge in [0.15, 0.2) is 0 Å². The summed E-state index contributed by atoms with van der Waals surface area (Å²) in [7, 11) is 1.70. The van der Waals surface area contributed by atoms with E-state index < -0.39 is 10.8 Å². The van der Waals surface area contributed by atoms with Crippen molar-refractivity contribution in [1.82, 2.24) is 5.32 Å². The lowest BCUT2D eigenvalue weighted by molar-refractivity contribution is -0.385. The molecule has 20 heavy (non-hydrogen) atoms. The van der Waals surface area contributed by atoms with Crippen LogP contribution in [0.2, 0.25) is 0 Å². The number of rotatable bonds is 8. The van der Waals surface area contributed by atoms with E-state index >= 15 is 0 Å². The second kappa shape index (κ2) is 8.42. The summed E-state index contributed by atoms with van der Waals surface area (Å²) in [6.45, 7) is 0.528. The first-order valence-electron chi connectivity index (χ1n) is 6.33. The van der Waals surface area contributed by atoms with Gasteiger partial charge in [0.25, 0.3) is 11.6 Å². The molecule has 0 fully saturated rings. The number of hydrogen-bond donors (Lipinski definition) is 2. The van der Waals surface area contributed by atoms with Gasteiger partial charge in [0.1, 0.15) is 5.56 Å². The third-order valence-corrected chi connectivity index (χ3v) is 3.48. The molecule has 0 aliphatic heterocycles. The van der Waals surface area contributed by atoms with E-state index in [2.05, 4.69) is 10.6 Å². The largest absolute Gasteiger partial charge is 0.388 e. The standard InChI is InChI=1S/C13H19N3O3S/c1-14-10-5-6-12(16(18)19)11(9-10)13(17)15-7-3-4-8-20-2/h5-6,9,14H,3-4,7-8H2,1-2H3,(H,15,17). The molecule has 6 nitrogen and oxygen atoms in total. The summed E-state index contributed by atoms with van der Waals surface area (Å²) < 4.78 is 0. The zero-order valence-electron chi connectivity index (χ0n) is 11.6. The van der Waals surface area contributed by atoms with Crippen LogP contribution in [0.4, 0.5) is 11.4 Å². The van der Waals surface area contributed by atoms with E-state index in [1.807, 2.05) is 6.26 Å². The maximum Gasteiger partial charge on any atom is 0.282 e. The quantitative estimate of drug-likeness (QED) is 0.437. The number of hydrogen-bond acceptors (Lipinski definition) is 5.